The highest BCUT2D eigenvalue weighted by atomic mass is 19.4. The minimum atomic E-state index is -4.39. The van der Waals surface area contributed by atoms with Crippen LogP contribution in [0, 0.1) is 0 Å². The monoisotopic (exact) mass is 365 g/mol. The number of nitrogens with zero attached hydrogens (tertiary/aromatic N) is 2. The normalized spacial score (nSPS) is 15.0. The summed E-state index contributed by atoms with van der Waals surface area (Å²) < 4.78 is 43.1. The highest BCUT2D eigenvalue weighted by Gasteiger charge is 2.30. The third-order valence-electron chi connectivity index (χ3n) is 4.02. The van der Waals surface area contributed by atoms with Crippen LogP contribution in [0.5, 0.6) is 0 Å². The second kappa shape index (κ2) is 7.74. The van der Waals surface area contributed by atoms with E-state index in [1.807, 2.05) is 4.90 Å². The number of pyridine rings is 1. The number of carbonyl (C=O) groups excluding carboxylic acids is 1. The second-order valence-electron chi connectivity index (χ2n) is 5.89. The lowest BCUT2D eigenvalue weighted by Gasteiger charge is -2.29. The standard InChI is InChI=1S/C18H18F3N3O2/c19-18(20,21)14-5-3-13(4-6-14)12-16(25)23-15-2-1-7-22-17(15)24-8-10-26-11-9-24/h1-7H,8-12H2,(H,23,25). The maximum atomic E-state index is 12.6. The minimum Gasteiger partial charge on any atom is -0.378 e. The van der Waals surface area contributed by atoms with Gasteiger partial charge in [-0.2, -0.15) is 13.2 Å². The van der Waals surface area contributed by atoms with Gasteiger partial charge in [0.15, 0.2) is 5.82 Å². The lowest BCUT2D eigenvalue weighted by Crippen LogP contribution is -2.37. The van der Waals surface area contributed by atoms with Crippen LogP contribution in [-0.4, -0.2) is 37.2 Å². The van der Waals surface area contributed by atoms with Crippen LogP contribution in [0.3, 0.4) is 0 Å². The molecule has 5 nitrogen and oxygen atoms in total. The van der Waals surface area contributed by atoms with Crippen LogP contribution in [0.1, 0.15) is 11.1 Å². The van der Waals surface area contributed by atoms with E-state index < -0.39 is 11.7 Å². The zero-order valence-corrected chi connectivity index (χ0v) is 13.9. The fourth-order valence-electron chi connectivity index (χ4n) is 2.71. The number of ether oxygens (including phenoxy) is 1. The number of hydrogen-bond acceptors (Lipinski definition) is 4. The Balaban J connectivity index is 1.67. The number of morpholine rings is 1. The summed E-state index contributed by atoms with van der Waals surface area (Å²) in [5, 5.41) is 2.80. The molecule has 1 saturated heterocycles. The molecule has 8 heteroatoms. The van der Waals surface area contributed by atoms with Crippen molar-refractivity contribution in [3.8, 4) is 0 Å². The Hall–Kier alpha value is -2.61. The van der Waals surface area contributed by atoms with Crippen LogP contribution >= 0.6 is 0 Å². The van der Waals surface area contributed by atoms with Crippen molar-refractivity contribution in [2.45, 2.75) is 12.6 Å². The van der Waals surface area contributed by atoms with E-state index in [1.165, 1.54) is 12.1 Å². The van der Waals surface area contributed by atoms with Gasteiger partial charge in [-0.3, -0.25) is 4.79 Å². The SMILES string of the molecule is O=C(Cc1ccc(C(F)(F)F)cc1)Nc1cccnc1N1CCOCC1. The number of carbonyl (C=O) groups is 1. The molecule has 1 aromatic heterocycles. The molecule has 1 N–H and O–H groups in total. The van der Waals surface area contributed by atoms with Crippen molar-refractivity contribution in [3.05, 3.63) is 53.7 Å². The summed E-state index contributed by atoms with van der Waals surface area (Å²) in [5.41, 5.74) is 0.349. The largest absolute Gasteiger partial charge is 0.416 e. The van der Waals surface area contributed by atoms with E-state index in [9.17, 15) is 18.0 Å². The van der Waals surface area contributed by atoms with E-state index in [2.05, 4.69) is 10.3 Å². The molecule has 0 radical (unpaired) electrons. The summed E-state index contributed by atoms with van der Waals surface area (Å²) in [7, 11) is 0. The smallest absolute Gasteiger partial charge is 0.378 e. The number of hydrogen-bond donors (Lipinski definition) is 1. The molecule has 3 rings (SSSR count). The van der Waals surface area contributed by atoms with E-state index in [4.69, 9.17) is 4.74 Å². The molecule has 1 aromatic carbocycles. The minimum absolute atomic E-state index is 0.0183. The Morgan fingerprint density at radius 1 is 1.15 bits per heavy atom. The molecule has 0 atom stereocenters. The van der Waals surface area contributed by atoms with E-state index in [0.29, 0.717) is 43.4 Å². The second-order valence-corrected chi connectivity index (χ2v) is 5.89. The average Bonchev–Trinajstić information content (AvgIpc) is 2.62. The van der Waals surface area contributed by atoms with Crippen LogP contribution in [0.2, 0.25) is 0 Å². The van der Waals surface area contributed by atoms with Gasteiger partial charge in [-0.25, -0.2) is 4.98 Å². The topological polar surface area (TPSA) is 54.5 Å². The number of alkyl halides is 3. The van der Waals surface area contributed by atoms with Crippen molar-refractivity contribution in [3.63, 3.8) is 0 Å². The van der Waals surface area contributed by atoms with Crippen molar-refractivity contribution in [1.29, 1.82) is 0 Å². The molecule has 1 amide bonds. The number of amides is 1. The summed E-state index contributed by atoms with van der Waals surface area (Å²) in [6.45, 7) is 2.54. The molecule has 138 valence electrons. The highest BCUT2D eigenvalue weighted by Crippen LogP contribution is 2.29. The molecule has 26 heavy (non-hydrogen) atoms. The third kappa shape index (κ3) is 4.51. The summed E-state index contributed by atoms with van der Waals surface area (Å²) in [6, 6.07) is 8.06. The fourth-order valence-corrected chi connectivity index (χ4v) is 2.71. The van der Waals surface area contributed by atoms with Crippen LogP contribution < -0.4 is 10.2 Å². The average molecular weight is 365 g/mol. The third-order valence-corrected chi connectivity index (χ3v) is 4.02. The van der Waals surface area contributed by atoms with Gasteiger partial charge < -0.3 is 15.0 Å². The Bertz CT molecular complexity index is 757. The summed E-state index contributed by atoms with van der Waals surface area (Å²) in [6.07, 6.45) is -2.75. The van der Waals surface area contributed by atoms with Crippen LogP contribution in [0.4, 0.5) is 24.7 Å². The van der Waals surface area contributed by atoms with Crippen molar-refractivity contribution < 1.29 is 22.7 Å². The van der Waals surface area contributed by atoms with Gasteiger partial charge in [-0.1, -0.05) is 12.1 Å². The molecule has 0 spiro atoms. The van der Waals surface area contributed by atoms with E-state index in [1.54, 1.807) is 18.3 Å². The zero-order chi connectivity index (χ0) is 18.6. The maximum absolute atomic E-state index is 12.6. The predicted octanol–water partition coefficient (Wildman–Crippen LogP) is 3.12. The first kappa shape index (κ1) is 18.2. The highest BCUT2D eigenvalue weighted by molar-refractivity contribution is 5.94. The Morgan fingerprint density at radius 2 is 1.85 bits per heavy atom. The molecule has 0 unspecified atom stereocenters. The molecular weight excluding hydrogens is 347 g/mol. The Labute approximate surface area is 148 Å². The molecule has 1 aliphatic heterocycles. The summed E-state index contributed by atoms with van der Waals surface area (Å²) in [4.78, 5) is 18.7. The number of halogens is 3. The number of anilines is 2. The lowest BCUT2D eigenvalue weighted by molar-refractivity contribution is -0.137. The molecule has 0 bridgehead atoms. The number of nitrogens with one attached hydrogen (secondary N) is 1. The predicted molar refractivity (Wildman–Crippen MR) is 91.0 cm³/mol. The van der Waals surface area contributed by atoms with Crippen molar-refractivity contribution in [2.75, 3.05) is 36.5 Å². The molecular formula is C18H18F3N3O2. The molecule has 1 aliphatic rings. The van der Waals surface area contributed by atoms with Gasteiger partial charge in [-0.15, -0.1) is 0 Å². The quantitative estimate of drug-likeness (QED) is 0.905. The molecule has 1 fully saturated rings. The van der Waals surface area contributed by atoms with Gasteiger partial charge in [0.2, 0.25) is 5.91 Å². The van der Waals surface area contributed by atoms with Crippen LogP contribution in [-0.2, 0) is 22.1 Å². The van der Waals surface area contributed by atoms with Gasteiger partial charge in [0.05, 0.1) is 30.9 Å². The van der Waals surface area contributed by atoms with E-state index >= 15 is 0 Å². The van der Waals surface area contributed by atoms with E-state index in [0.717, 1.165) is 12.1 Å². The van der Waals surface area contributed by atoms with Gasteiger partial charge in [0.1, 0.15) is 0 Å². The number of rotatable bonds is 4. The van der Waals surface area contributed by atoms with Crippen molar-refractivity contribution >= 4 is 17.4 Å². The molecule has 0 saturated carbocycles. The number of benzene rings is 1. The first-order chi connectivity index (χ1) is 12.4. The first-order valence-electron chi connectivity index (χ1n) is 8.17. The zero-order valence-electron chi connectivity index (χ0n) is 13.9. The maximum Gasteiger partial charge on any atom is 0.416 e. The Kier molecular flexibility index (Phi) is 5.41. The van der Waals surface area contributed by atoms with Crippen LogP contribution in [0.15, 0.2) is 42.6 Å². The van der Waals surface area contributed by atoms with Gasteiger partial charge >= 0.3 is 6.18 Å². The molecule has 2 heterocycles. The first-order valence-corrected chi connectivity index (χ1v) is 8.17. The fraction of sp³-hybridized carbons (Fsp3) is 0.333. The summed E-state index contributed by atoms with van der Waals surface area (Å²) in [5.74, 6) is 0.351. The van der Waals surface area contributed by atoms with Gasteiger partial charge in [-0.05, 0) is 29.8 Å². The molecule has 0 aliphatic carbocycles. The van der Waals surface area contributed by atoms with Gasteiger partial charge in [0.25, 0.3) is 0 Å². The van der Waals surface area contributed by atoms with E-state index in [-0.39, 0.29) is 12.3 Å². The Morgan fingerprint density at radius 3 is 2.50 bits per heavy atom. The summed E-state index contributed by atoms with van der Waals surface area (Å²) >= 11 is 0. The van der Waals surface area contributed by atoms with Gasteiger partial charge in [0, 0.05) is 19.3 Å². The lowest BCUT2D eigenvalue weighted by atomic mass is 10.1. The number of aromatic nitrogens is 1. The van der Waals surface area contributed by atoms with Crippen molar-refractivity contribution in [2.24, 2.45) is 0 Å². The van der Waals surface area contributed by atoms with Crippen LogP contribution in [0.25, 0.3) is 0 Å². The van der Waals surface area contributed by atoms with Crippen molar-refractivity contribution in [1.82, 2.24) is 4.98 Å². The molecule has 2 aromatic rings.